The largest absolute Gasteiger partial charge is 0.380 e. The maximum absolute atomic E-state index is 5.52. The standard InChI is InChI=1S/C13H22N2OS/c1-8-13(17-10(3)14-8)9(2)15-11-6-5-7-12(11)16-4/h9,11-12,15H,5-7H2,1-4H3. The molecule has 1 aromatic heterocycles. The van der Waals surface area contributed by atoms with Gasteiger partial charge in [-0.15, -0.1) is 11.3 Å². The van der Waals surface area contributed by atoms with Crippen LogP contribution < -0.4 is 5.32 Å². The first-order valence-electron chi connectivity index (χ1n) is 6.34. The van der Waals surface area contributed by atoms with Crippen molar-refractivity contribution >= 4 is 11.3 Å². The Labute approximate surface area is 108 Å². The molecule has 17 heavy (non-hydrogen) atoms. The summed E-state index contributed by atoms with van der Waals surface area (Å²) in [6, 6.07) is 0.874. The van der Waals surface area contributed by atoms with Gasteiger partial charge in [0.1, 0.15) is 0 Å². The number of ether oxygens (including phenoxy) is 1. The second-order valence-corrected chi connectivity index (χ2v) is 6.12. The number of nitrogens with one attached hydrogen (secondary N) is 1. The van der Waals surface area contributed by atoms with Crippen LogP contribution in [0.3, 0.4) is 0 Å². The summed E-state index contributed by atoms with van der Waals surface area (Å²) in [6.45, 7) is 6.39. The van der Waals surface area contributed by atoms with Crippen LogP contribution in [0.15, 0.2) is 0 Å². The quantitative estimate of drug-likeness (QED) is 0.897. The predicted octanol–water partition coefficient (Wildman–Crippen LogP) is 2.98. The Morgan fingerprint density at radius 1 is 1.41 bits per heavy atom. The summed E-state index contributed by atoms with van der Waals surface area (Å²) in [4.78, 5) is 5.86. The number of hydrogen-bond donors (Lipinski definition) is 1. The molecule has 0 bridgehead atoms. The summed E-state index contributed by atoms with van der Waals surface area (Å²) >= 11 is 1.80. The molecule has 3 atom stereocenters. The van der Waals surface area contributed by atoms with Crippen LogP contribution >= 0.6 is 11.3 Å². The number of rotatable bonds is 4. The van der Waals surface area contributed by atoms with Crippen molar-refractivity contribution in [3.05, 3.63) is 15.6 Å². The van der Waals surface area contributed by atoms with Gasteiger partial charge >= 0.3 is 0 Å². The summed E-state index contributed by atoms with van der Waals surface area (Å²) in [6.07, 6.45) is 4.05. The second kappa shape index (κ2) is 5.46. The van der Waals surface area contributed by atoms with Crippen LogP contribution in [0.2, 0.25) is 0 Å². The van der Waals surface area contributed by atoms with Gasteiger partial charge in [-0.05, 0) is 40.0 Å². The van der Waals surface area contributed by atoms with Crippen LogP contribution in [0.5, 0.6) is 0 Å². The number of hydrogen-bond acceptors (Lipinski definition) is 4. The lowest BCUT2D eigenvalue weighted by Crippen LogP contribution is -2.38. The lowest BCUT2D eigenvalue weighted by Gasteiger charge is -2.23. The van der Waals surface area contributed by atoms with Gasteiger partial charge in [-0.2, -0.15) is 0 Å². The van der Waals surface area contributed by atoms with Crippen LogP contribution in [0.25, 0.3) is 0 Å². The number of aromatic nitrogens is 1. The van der Waals surface area contributed by atoms with Gasteiger partial charge in [0.15, 0.2) is 0 Å². The van der Waals surface area contributed by atoms with Gasteiger partial charge in [0.05, 0.1) is 16.8 Å². The third kappa shape index (κ3) is 2.87. The highest BCUT2D eigenvalue weighted by molar-refractivity contribution is 7.11. The summed E-state index contributed by atoms with van der Waals surface area (Å²) in [7, 11) is 1.82. The van der Waals surface area contributed by atoms with Crippen molar-refractivity contribution in [3.63, 3.8) is 0 Å². The Kier molecular flexibility index (Phi) is 4.17. The minimum absolute atomic E-state index is 0.377. The molecule has 0 amide bonds. The fourth-order valence-corrected chi connectivity index (χ4v) is 3.68. The van der Waals surface area contributed by atoms with Crippen molar-refractivity contribution in [1.82, 2.24) is 10.3 Å². The highest BCUT2D eigenvalue weighted by atomic mass is 32.1. The maximum Gasteiger partial charge on any atom is 0.0900 e. The van der Waals surface area contributed by atoms with Crippen molar-refractivity contribution in [1.29, 1.82) is 0 Å². The first kappa shape index (κ1) is 13.0. The van der Waals surface area contributed by atoms with Gasteiger partial charge in [0, 0.05) is 24.1 Å². The Balaban J connectivity index is 2.01. The topological polar surface area (TPSA) is 34.1 Å². The Morgan fingerprint density at radius 3 is 2.76 bits per heavy atom. The van der Waals surface area contributed by atoms with E-state index in [4.69, 9.17) is 4.74 Å². The van der Waals surface area contributed by atoms with Crippen molar-refractivity contribution in [2.45, 2.75) is 58.2 Å². The molecule has 2 rings (SSSR count). The van der Waals surface area contributed by atoms with E-state index in [-0.39, 0.29) is 0 Å². The zero-order valence-corrected chi connectivity index (χ0v) is 11.9. The molecule has 0 aromatic carbocycles. The van der Waals surface area contributed by atoms with Crippen LogP contribution in [-0.2, 0) is 4.74 Å². The van der Waals surface area contributed by atoms with E-state index in [9.17, 15) is 0 Å². The SMILES string of the molecule is COC1CCCC1NC(C)c1sc(C)nc1C. The van der Waals surface area contributed by atoms with E-state index < -0.39 is 0 Å². The minimum atomic E-state index is 0.377. The Morgan fingerprint density at radius 2 is 2.18 bits per heavy atom. The molecule has 0 spiro atoms. The van der Waals surface area contributed by atoms with Crippen LogP contribution in [0.1, 0.15) is 47.8 Å². The fourth-order valence-electron chi connectivity index (χ4n) is 2.74. The zero-order valence-electron chi connectivity index (χ0n) is 11.1. The molecule has 1 aromatic rings. The number of aryl methyl sites for hydroxylation is 2. The molecule has 1 saturated carbocycles. The maximum atomic E-state index is 5.52. The highest BCUT2D eigenvalue weighted by Gasteiger charge is 2.28. The van der Waals surface area contributed by atoms with Crippen molar-refractivity contribution in [3.8, 4) is 0 Å². The minimum Gasteiger partial charge on any atom is -0.380 e. The average molecular weight is 254 g/mol. The molecular formula is C13H22N2OS. The molecule has 1 fully saturated rings. The molecule has 0 saturated heterocycles. The molecule has 0 aliphatic heterocycles. The fraction of sp³-hybridized carbons (Fsp3) is 0.769. The molecular weight excluding hydrogens is 232 g/mol. The van der Waals surface area contributed by atoms with E-state index in [2.05, 4.69) is 31.1 Å². The molecule has 3 nitrogen and oxygen atoms in total. The number of methoxy groups -OCH3 is 1. The van der Waals surface area contributed by atoms with E-state index in [1.54, 1.807) is 11.3 Å². The smallest absolute Gasteiger partial charge is 0.0900 e. The molecule has 4 heteroatoms. The summed E-state index contributed by atoms with van der Waals surface area (Å²) in [5.74, 6) is 0. The van der Waals surface area contributed by atoms with E-state index in [0.29, 0.717) is 18.2 Å². The van der Waals surface area contributed by atoms with Crippen LogP contribution in [-0.4, -0.2) is 24.2 Å². The Bertz CT molecular complexity index is 377. The van der Waals surface area contributed by atoms with Gasteiger partial charge in [0.25, 0.3) is 0 Å². The second-order valence-electron chi connectivity index (χ2n) is 4.88. The molecule has 1 aliphatic rings. The van der Waals surface area contributed by atoms with E-state index in [1.807, 2.05) is 7.11 Å². The average Bonchev–Trinajstić information content (AvgIpc) is 2.84. The first-order chi connectivity index (χ1) is 8.11. The molecule has 96 valence electrons. The lowest BCUT2D eigenvalue weighted by molar-refractivity contribution is 0.0821. The van der Waals surface area contributed by atoms with Crippen molar-refractivity contribution in [2.75, 3.05) is 7.11 Å². The van der Waals surface area contributed by atoms with Gasteiger partial charge < -0.3 is 10.1 Å². The summed E-state index contributed by atoms with van der Waals surface area (Å²) in [5, 5.41) is 4.85. The molecule has 3 unspecified atom stereocenters. The molecule has 1 N–H and O–H groups in total. The lowest BCUT2D eigenvalue weighted by atomic mass is 10.1. The summed E-state index contributed by atoms with van der Waals surface area (Å²) in [5.41, 5.74) is 1.17. The van der Waals surface area contributed by atoms with Crippen molar-refractivity contribution in [2.24, 2.45) is 0 Å². The van der Waals surface area contributed by atoms with Gasteiger partial charge in [0.2, 0.25) is 0 Å². The normalized spacial score (nSPS) is 26.4. The third-order valence-corrected chi connectivity index (χ3v) is 4.81. The number of thiazole rings is 1. The molecule has 1 aliphatic carbocycles. The number of nitrogens with zero attached hydrogens (tertiary/aromatic N) is 1. The van der Waals surface area contributed by atoms with Crippen LogP contribution in [0, 0.1) is 13.8 Å². The monoisotopic (exact) mass is 254 g/mol. The summed E-state index contributed by atoms with van der Waals surface area (Å²) < 4.78 is 5.52. The van der Waals surface area contributed by atoms with E-state index in [1.165, 1.54) is 29.8 Å². The van der Waals surface area contributed by atoms with Crippen LogP contribution in [0.4, 0.5) is 0 Å². The molecule has 0 radical (unpaired) electrons. The third-order valence-electron chi connectivity index (χ3n) is 3.55. The van der Waals surface area contributed by atoms with Gasteiger partial charge in [-0.25, -0.2) is 4.98 Å². The van der Waals surface area contributed by atoms with E-state index in [0.717, 1.165) is 5.01 Å². The highest BCUT2D eigenvalue weighted by Crippen LogP contribution is 2.28. The Hall–Kier alpha value is -0.450. The predicted molar refractivity (Wildman–Crippen MR) is 71.6 cm³/mol. The van der Waals surface area contributed by atoms with Crippen molar-refractivity contribution < 1.29 is 4.74 Å². The zero-order chi connectivity index (χ0) is 12.4. The van der Waals surface area contributed by atoms with Gasteiger partial charge in [-0.1, -0.05) is 0 Å². The van der Waals surface area contributed by atoms with Gasteiger partial charge in [-0.3, -0.25) is 0 Å². The first-order valence-corrected chi connectivity index (χ1v) is 7.16. The van der Waals surface area contributed by atoms with E-state index >= 15 is 0 Å². The molecule has 1 heterocycles.